The predicted octanol–water partition coefficient (Wildman–Crippen LogP) is 4.28. The Morgan fingerprint density at radius 3 is 2.45 bits per heavy atom. The zero-order chi connectivity index (χ0) is 20.9. The fourth-order valence-electron chi connectivity index (χ4n) is 3.01. The average Bonchev–Trinajstić information content (AvgIpc) is 2.69. The van der Waals surface area contributed by atoms with Gasteiger partial charge in [0.25, 0.3) is 0 Å². The number of allylic oxidation sites excluding steroid dienone is 2. The van der Waals surface area contributed by atoms with E-state index in [0.717, 1.165) is 0 Å². The summed E-state index contributed by atoms with van der Waals surface area (Å²) >= 11 is 0. The average molecular weight is 395 g/mol. The van der Waals surface area contributed by atoms with Crippen molar-refractivity contribution in [3.05, 3.63) is 55.0 Å². The van der Waals surface area contributed by atoms with Gasteiger partial charge < -0.3 is 14.8 Å². The van der Waals surface area contributed by atoms with E-state index in [2.05, 4.69) is 15.3 Å². The Kier molecular flexibility index (Phi) is 5.96. The van der Waals surface area contributed by atoms with Gasteiger partial charge in [0.15, 0.2) is 5.41 Å². The lowest BCUT2D eigenvalue weighted by Crippen LogP contribution is -2.47. The molecule has 1 aliphatic carbocycles. The van der Waals surface area contributed by atoms with Crippen LogP contribution in [-0.2, 0) is 14.3 Å². The van der Waals surface area contributed by atoms with E-state index in [-0.39, 0.29) is 5.91 Å². The van der Waals surface area contributed by atoms with Crippen molar-refractivity contribution in [2.45, 2.75) is 45.6 Å². The van der Waals surface area contributed by atoms with Crippen LogP contribution < -0.4 is 10.1 Å². The van der Waals surface area contributed by atoms with Crippen LogP contribution in [0.25, 0.3) is 0 Å². The minimum atomic E-state index is -1.23. The van der Waals surface area contributed by atoms with E-state index in [1.807, 2.05) is 12.2 Å². The molecule has 0 radical (unpaired) electrons. The molecule has 1 heterocycles. The Balaban J connectivity index is 1.72. The summed E-state index contributed by atoms with van der Waals surface area (Å²) in [6, 6.07) is 6.85. The first-order valence-electron chi connectivity index (χ1n) is 9.52. The zero-order valence-corrected chi connectivity index (χ0v) is 16.8. The van der Waals surface area contributed by atoms with Crippen LogP contribution in [0.2, 0.25) is 0 Å². The van der Waals surface area contributed by atoms with Gasteiger partial charge >= 0.3 is 5.97 Å². The fourth-order valence-corrected chi connectivity index (χ4v) is 3.01. The molecule has 0 fully saturated rings. The highest BCUT2D eigenvalue weighted by molar-refractivity contribution is 6.09. The molecule has 2 aromatic rings. The molecule has 3 rings (SSSR count). The second-order valence-electron chi connectivity index (χ2n) is 7.92. The van der Waals surface area contributed by atoms with Crippen LogP contribution in [0.15, 0.2) is 55.0 Å². The van der Waals surface area contributed by atoms with E-state index < -0.39 is 17.0 Å². The Bertz CT molecular complexity index is 889. The van der Waals surface area contributed by atoms with E-state index in [1.54, 1.807) is 57.4 Å². The normalized spacial score (nSPS) is 18.7. The molecule has 0 aliphatic heterocycles. The smallest absolute Gasteiger partial charge is 0.322 e. The predicted molar refractivity (Wildman–Crippen MR) is 108 cm³/mol. The van der Waals surface area contributed by atoms with Crippen molar-refractivity contribution in [2.24, 2.45) is 5.41 Å². The van der Waals surface area contributed by atoms with Gasteiger partial charge in [0.2, 0.25) is 11.8 Å². The van der Waals surface area contributed by atoms with Gasteiger partial charge in [-0.1, -0.05) is 12.2 Å². The molecule has 1 aliphatic rings. The number of hydrogen-bond acceptors (Lipinski definition) is 6. The Hall–Kier alpha value is -3.22. The third-order valence-corrected chi connectivity index (χ3v) is 4.47. The molecular weight excluding hydrogens is 370 g/mol. The third-order valence-electron chi connectivity index (χ3n) is 4.47. The van der Waals surface area contributed by atoms with E-state index in [0.29, 0.717) is 36.6 Å². The van der Waals surface area contributed by atoms with Gasteiger partial charge in [0, 0.05) is 18.1 Å². The minimum Gasteiger partial charge on any atom is -0.459 e. The second-order valence-corrected chi connectivity index (χ2v) is 7.92. The quantitative estimate of drug-likeness (QED) is 0.462. The van der Waals surface area contributed by atoms with Crippen molar-refractivity contribution < 1.29 is 19.1 Å². The number of ether oxygens (including phenoxy) is 2. The van der Waals surface area contributed by atoms with Crippen LogP contribution in [0.3, 0.4) is 0 Å². The topological polar surface area (TPSA) is 90.4 Å². The maximum Gasteiger partial charge on any atom is 0.322 e. The number of amides is 1. The van der Waals surface area contributed by atoms with Crippen molar-refractivity contribution >= 4 is 17.6 Å². The van der Waals surface area contributed by atoms with Gasteiger partial charge in [-0.05, 0) is 64.3 Å². The Morgan fingerprint density at radius 2 is 1.86 bits per heavy atom. The van der Waals surface area contributed by atoms with Gasteiger partial charge in [-0.2, -0.15) is 0 Å². The summed E-state index contributed by atoms with van der Waals surface area (Å²) in [6.07, 6.45) is 9.85. The van der Waals surface area contributed by atoms with Crippen molar-refractivity contribution in [1.82, 2.24) is 9.97 Å². The molecule has 29 heavy (non-hydrogen) atoms. The van der Waals surface area contributed by atoms with Gasteiger partial charge in [0.05, 0.1) is 6.20 Å². The summed E-state index contributed by atoms with van der Waals surface area (Å²) in [5.74, 6) is 0.0845. The number of benzene rings is 1. The lowest BCUT2D eigenvalue weighted by molar-refractivity contribution is -0.170. The Labute approximate surface area is 170 Å². The number of rotatable bonds is 5. The summed E-state index contributed by atoms with van der Waals surface area (Å²) in [6.45, 7) is 5.39. The van der Waals surface area contributed by atoms with Crippen LogP contribution in [0.4, 0.5) is 5.69 Å². The number of hydrogen-bond donors (Lipinski definition) is 1. The lowest BCUT2D eigenvalue weighted by Gasteiger charge is -2.34. The first-order chi connectivity index (χ1) is 13.8. The molecule has 1 unspecified atom stereocenters. The molecule has 0 saturated heterocycles. The first kappa shape index (κ1) is 20.5. The highest BCUT2D eigenvalue weighted by atomic mass is 16.6. The molecule has 7 nitrogen and oxygen atoms in total. The minimum absolute atomic E-state index is 0.321. The van der Waals surface area contributed by atoms with Crippen LogP contribution in [0.1, 0.15) is 40.0 Å². The summed E-state index contributed by atoms with van der Waals surface area (Å²) in [7, 11) is 0. The van der Waals surface area contributed by atoms with E-state index in [4.69, 9.17) is 9.47 Å². The highest BCUT2D eigenvalue weighted by Crippen LogP contribution is 2.37. The van der Waals surface area contributed by atoms with Crippen LogP contribution in [-0.4, -0.2) is 27.4 Å². The van der Waals surface area contributed by atoms with E-state index >= 15 is 0 Å². The van der Waals surface area contributed by atoms with Gasteiger partial charge in [-0.15, -0.1) is 0 Å². The molecular formula is C22H25N3O4. The molecule has 0 bridgehead atoms. The van der Waals surface area contributed by atoms with Crippen LogP contribution in [0, 0.1) is 5.41 Å². The molecule has 0 spiro atoms. The number of carbonyl (C=O) groups is 2. The molecule has 0 saturated carbocycles. The molecule has 152 valence electrons. The standard InChI is InChI=1S/C22H25N3O4/c1-21(2,3)29-20(27)22(11-5-4-6-12-22)19(26)25-16-7-9-17(10-8-16)28-18-15-23-13-14-24-18/h4-5,7-10,13-15H,6,11-12H2,1-3H3,(H,25,26). The third kappa shape index (κ3) is 5.19. The van der Waals surface area contributed by atoms with Crippen molar-refractivity contribution in [3.63, 3.8) is 0 Å². The van der Waals surface area contributed by atoms with Crippen molar-refractivity contribution in [1.29, 1.82) is 0 Å². The maximum absolute atomic E-state index is 13.1. The van der Waals surface area contributed by atoms with Gasteiger partial charge in [-0.25, -0.2) is 4.98 Å². The molecule has 1 aromatic carbocycles. The summed E-state index contributed by atoms with van der Waals surface area (Å²) in [5.41, 5.74) is -1.32. The number of carbonyl (C=O) groups excluding carboxylic acids is 2. The SMILES string of the molecule is CC(C)(C)OC(=O)C1(C(=O)Nc2ccc(Oc3cnccn3)cc2)CC=CCC1. The maximum atomic E-state index is 13.1. The molecule has 1 aromatic heterocycles. The molecule has 1 N–H and O–H groups in total. The molecule has 1 atom stereocenters. The number of anilines is 1. The number of nitrogens with one attached hydrogen (secondary N) is 1. The van der Waals surface area contributed by atoms with Crippen molar-refractivity contribution in [2.75, 3.05) is 5.32 Å². The van der Waals surface area contributed by atoms with Gasteiger partial charge in [-0.3, -0.25) is 14.6 Å². The molecule has 7 heteroatoms. The highest BCUT2D eigenvalue weighted by Gasteiger charge is 2.48. The largest absolute Gasteiger partial charge is 0.459 e. The Morgan fingerprint density at radius 1 is 1.10 bits per heavy atom. The fraction of sp³-hybridized carbons (Fsp3) is 0.364. The monoisotopic (exact) mass is 395 g/mol. The summed E-state index contributed by atoms with van der Waals surface area (Å²) < 4.78 is 11.2. The number of nitrogens with zero attached hydrogens (tertiary/aromatic N) is 2. The van der Waals surface area contributed by atoms with Crippen molar-refractivity contribution in [3.8, 4) is 11.6 Å². The first-order valence-corrected chi connectivity index (χ1v) is 9.52. The lowest BCUT2D eigenvalue weighted by atomic mass is 9.76. The second kappa shape index (κ2) is 8.43. The molecule has 1 amide bonds. The summed E-state index contributed by atoms with van der Waals surface area (Å²) in [5, 5.41) is 2.85. The van der Waals surface area contributed by atoms with Gasteiger partial charge in [0.1, 0.15) is 11.4 Å². The van der Waals surface area contributed by atoms with E-state index in [9.17, 15) is 9.59 Å². The number of aromatic nitrogens is 2. The zero-order valence-electron chi connectivity index (χ0n) is 16.8. The summed E-state index contributed by atoms with van der Waals surface area (Å²) in [4.78, 5) is 34.0. The number of esters is 1. The van der Waals surface area contributed by atoms with E-state index in [1.165, 1.54) is 6.20 Å². The van der Waals surface area contributed by atoms with Crippen LogP contribution in [0.5, 0.6) is 11.6 Å². The van der Waals surface area contributed by atoms with Crippen LogP contribution >= 0.6 is 0 Å².